The molecule has 2 aromatic heterocycles. The van der Waals surface area contributed by atoms with E-state index in [9.17, 15) is 4.79 Å². The number of aromatic nitrogens is 1. The van der Waals surface area contributed by atoms with Crippen LogP contribution in [-0.4, -0.2) is 10.9 Å². The zero-order valence-corrected chi connectivity index (χ0v) is 15.4. The molecule has 0 aliphatic heterocycles. The second-order valence-corrected chi connectivity index (χ2v) is 7.82. The van der Waals surface area contributed by atoms with Crippen LogP contribution in [0.15, 0.2) is 28.7 Å². The zero-order valence-electron chi connectivity index (χ0n) is 14.6. The van der Waals surface area contributed by atoms with Gasteiger partial charge in [-0.15, -0.1) is 11.3 Å². The van der Waals surface area contributed by atoms with E-state index in [1.165, 1.54) is 10.4 Å². The molecule has 4 nitrogen and oxygen atoms in total. The fourth-order valence-corrected chi connectivity index (χ4v) is 4.25. The Morgan fingerprint density at radius 3 is 2.72 bits per heavy atom. The van der Waals surface area contributed by atoms with E-state index < -0.39 is 0 Å². The third kappa shape index (κ3) is 2.89. The number of hydrogen-bond donors (Lipinski definition) is 1. The van der Waals surface area contributed by atoms with Crippen molar-refractivity contribution in [1.82, 2.24) is 10.3 Å². The van der Waals surface area contributed by atoms with Crippen LogP contribution in [0, 0.1) is 20.8 Å². The highest BCUT2D eigenvalue weighted by molar-refractivity contribution is 7.12. The van der Waals surface area contributed by atoms with E-state index in [4.69, 9.17) is 4.42 Å². The summed E-state index contributed by atoms with van der Waals surface area (Å²) in [6.45, 7) is 6.51. The molecule has 0 fully saturated rings. The molecule has 1 aliphatic carbocycles. The van der Waals surface area contributed by atoms with Crippen LogP contribution in [0.3, 0.4) is 0 Å². The quantitative estimate of drug-likeness (QED) is 0.762. The van der Waals surface area contributed by atoms with Gasteiger partial charge in [-0.1, -0.05) is 29.8 Å². The Morgan fingerprint density at radius 2 is 1.96 bits per heavy atom. The standard InChI is InChI=1S/C20H20N2O2S/c1-11-4-6-14(7-5-11)10-21-20(23)19-12(2)17-15(24-19)8-9-16-18(17)22-13(3)25-16/h4-7H,8-10H2,1-3H3,(H,21,23). The molecular weight excluding hydrogens is 332 g/mol. The van der Waals surface area contributed by atoms with Gasteiger partial charge in [0.05, 0.1) is 10.7 Å². The van der Waals surface area contributed by atoms with Gasteiger partial charge in [0, 0.05) is 29.0 Å². The molecule has 5 heteroatoms. The average molecular weight is 352 g/mol. The lowest BCUT2D eigenvalue weighted by molar-refractivity contribution is 0.0920. The molecule has 0 saturated carbocycles. The molecule has 1 aliphatic rings. The van der Waals surface area contributed by atoms with Crippen molar-refractivity contribution in [3.63, 3.8) is 0 Å². The molecule has 25 heavy (non-hydrogen) atoms. The van der Waals surface area contributed by atoms with Gasteiger partial charge in [-0.25, -0.2) is 4.98 Å². The number of carbonyl (C=O) groups is 1. The number of amides is 1. The first-order valence-electron chi connectivity index (χ1n) is 8.45. The van der Waals surface area contributed by atoms with Gasteiger partial charge < -0.3 is 9.73 Å². The SMILES string of the molecule is Cc1ccc(CNC(=O)c2oc3c(c2C)-c2nc(C)sc2CC3)cc1. The van der Waals surface area contributed by atoms with E-state index in [0.29, 0.717) is 12.3 Å². The number of nitrogens with one attached hydrogen (secondary N) is 1. The summed E-state index contributed by atoms with van der Waals surface area (Å²) in [7, 11) is 0. The molecule has 1 aromatic carbocycles. The van der Waals surface area contributed by atoms with E-state index in [1.807, 2.05) is 45.0 Å². The summed E-state index contributed by atoms with van der Waals surface area (Å²) in [6.07, 6.45) is 1.77. The third-order valence-electron chi connectivity index (χ3n) is 4.62. The second-order valence-electron chi connectivity index (χ2n) is 6.53. The molecule has 0 bridgehead atoms. The Hall–Kier alpha value is -2.40. The fraction of sp³-hybridized carbons (Fsp3) is 0.300. The van der Waals surface area contributed by atoms with Crippen LogP contribution in [0.4, 0.5) is 0 Å². The fourth-order valence-electron chi connectivity index (χ4n) is 3.31. The van der Waals surface area contributed by atoms with Crippen molar-refractivity contribution in [3.8, 4) is 11.3 Å². The second kappa shape index (κ2) is 6.15. The van der Waals surface area contributed by atoms with E-state index in [1.54, 1.807) is 11.3 Å². The number of carbonyl (C=O) groups excluding carboxylic acids is 1. The first-order chi connectivity index (χ1) is 12.0. The van der Waals surface area contributed by atoms with Crippen LogP contribution in [0.1, 0.15) is 42.9 Å². The summed E-state index contributed by atoms with van der Waals surface area (Å²) in [5.41, 5.74) is 5.20. The summed E-state index contributed by atoms with van der Waals surface area (Å²) in [5, 5.41) is 4.02. The van der Waals surface area contributed by atoms with E-state index in [2.05, 4.69) is 10.3 Å². The van der Waals surface area contributed by atoms with Crippen molar-refractivity contribution in [2.24, 2.45) is 0 Å². The smallest absolute Gasteiger partial charge is 0.287 e. The maximum Gasteiger partial charge on any atom is 0.287 e. The molecule has 1 amide bonds. The summed E-state index contributed by atoms with van der Waals surface area (Å²) >= 11 is 1.74. The van der Waals surface area contributed by atoms with Gasteiger partial charge in [0.2, 0.25) is 0 Å². The van der Waals surface area contributed by atoms with Gasteiger partial charge >= 0.3 is 0 Å². The maximum absolute atomic E-state index is 12.6. The molecule has 3 aromatic rings. The largest absolute Gasteiger partial charge is 0.455 e. The minimum atomic E-state index is -0.166. The van der Waals surface area contributed by atoms with Crippen LogP contribution in [-0.2, 0) is 19.4 Å². The highest BCUT2D eigenvalue weighted by Crippen LogP contribution is 2.40. The molecule has 4 rings (SSSR count). The molecule has 0 atom stereocenters. The minimum absolute atomic E-state index is 0.166. The van der Waals surface area contributed by atoms with Gasteiger partial charge in [-0.05, 0) is 32.8 Å². The lowest BCUT2D eigenvalue weighted by atomic mass is 9.97. The van der Waals surface area contributed by atoms with E-state index >= 15 is 0 Å². The number of aryl methyl sites for hydroxylation is 4. The number of fused-ring (bicyclic) bond motifs is 3. The van der Waals surface area contributed by atoms with Crippen molar-refractivity contribution in [1.29, 1.82) is 0 Å². The Balaban J connectivity index is 1.58. The number of furan rings is 1. The van der Waals surface area contributed by atoms with Crippen molar-refractivity contribution in [3.05, 3.63) is 62.4 Å². The van der Waals surface area contributed by atoms with Crippen LogP contribution < -0.4 is 5.32 Å². The number of rotatable bonds is 3. The van der Waals surface area contributed by atoms with Gasteiger partial charge in [0.25, 0.3) is 5.91 Å². The number of nitrogens with zero attached hydrogens (tertiary/aromatic N) is 1. The summed E-state index contributed by atoms with van der Waals surface area (Å²) in [6, 6.07) is 8.15. The molecular formula is C20H20N2O2S. The maximum atomic E-state index is 12.6. The Morgan fingerprint density at radius 1 is 1.20 bits per heavy atom. The van der Waals surface area contributed by atoms with E-state index in [0.717, 1.165) is 46.0 Å². The Labute approximate surface area is 150 Å². The van der Waals surface area contributed by atoms with Crippen LogP contribution in [0.5, 0.6) is 0 Å². The van der Waals surface area contributed by atoms with Gasteiger partial charge in [-0.3, -0.25) is 4.79 Å². The van der Waals surface area contributed by atoms with Crippen molar-refractivity contribution >= 4 is 17.2 Å². The number of benzene rings is 1. The average Bonchev–Trinajstić information content (AvgIpc) is 3.13. The molecule has 2 heterocycles. The highest BCUT2D eigenvalue weighted by Gasteiger charge is 2.29. The molecule has 0 saturated heterocycles. The first kappa shape index (κ1) is 16.1. The molecule has 128 valence electrons. The lowest BCUT2D eigenvalue weighted by Crippen LogP contribution is -2.23. The molecule has 0 radical (unpaired) electrons. The molecule has 0 spiro atoms. The highest BCUT2D eigenvalue weighted by atomic mass is 32.1. The topological polar surface area (TPSA) is 55.1 Å². The molecule has 1 N–H and O–H groups in total. The summed E-state index contributed by atoms with van der Waals surface area (Å²) < 4.78 is 5.92. The summed E-state index contributed by atoms with van der Waals surface area (Å²) in [4.78, 5) is 18.6. The van der Waals surface area contributed by atoms with Crippen molar-refractivity contribution in [2.45, 2.75) is 40.2 Å². The monoisotopic (exact) mass is 352 g/mol. The zero-order chi connectivity index (χ0) is 17.6. The van der Waals surface area contributed by atoms with Gasteiger partial charge in [0.15, 0.2) is 5.76 Å². The van der Waals surface area contributed by atoms with E-state index in [-0.39, 0.29) is 5.91 Å². The Kier molecular flexibility index (Phi) is 3.96. The molecule has 0 unspecified atom stereocenters. The first-order valence-corrected chi connectivity index (χ1v) is 9.27. The Bertz CT molecular complexity index is 951. The van der Waals surface area contributed by atoms with Crippen LogP contribution >= 0.6 is 11.3 Å². The predicted octanol–water partition coefficient (Wildman–Crippen LogP) is 4.36. The minimum Gasteiger partial charge on any atom is -0.455 e. The lowest BCUT2D eigenvalue weighted by Gasteiger charge is -2.09. The van der Waals surface area contributed by atoms with Crippen LogP contribution in [0.25, 0.3) is 11.3 Å². The number of hydrogen-bond acceptors (Lipinski definition) is 4. The van der Waals surface area contributed by atoms with Crippen LogP contribution in [0.2, 0.25) is 0 Å². The predicted molar refractivity (Wildman–Crippen MR) is 99.0 cm³/mol. The van der Waals surface area contributed by atoms with Crippen molar-refractivity contribution < 1.29 is 9.21 Å². The normalized spacial score (nSPS) is 12.6. The third-order valence-corrected chi connectivity index (χ3v) is 5.65. The van der Waals surface area contributed by atoms with Gasteiger partial charge in [-0.2, -0.15) is 0 Å². The van der Waals surface area contributed by atoms with Gasteiger partial charge in [0.1, 0.15) is 5.76 Å². The number of thiazole rings is 1. The summed E-state index contributed by atoms with van der Waals surface area (Å²) in [5.74, 6) is 1.13. The van der Waals surface area contributed by atoms with Crippen molar-refractivity contribution in [2.75, 3.05) is 0 Å².